The van der Waals surface area contributed by atoms with Crippen LogP contribution in [0.15, 0.2) is 0 Å². The van der Waals surface area contributed by atoms with Crippen LogP contribution in [0, 0.1) is 0 Å². The van der Waals surface area contributed by atoms with Crippen molar-refractivity contribution in [3.8, 4) is 0 Å². The number of nitrogens with two attached hydrogens (primary N) is 1. The first kappa shape index (κ1) is 76.9. The second-order valence-corrected chi connectivity index (χ2v) is 15.7. The van der Waals surface area contributed by atoms with Gasteiger partial charge in [0.05, 0.1) is 330 Å². The van der Waals surface area contributed by atoms with Crippen LogP contribution in [0.4, 0.5) is 0 Å². The Kier molecular flexibility index (Phi) is 72.9. The van der Waals surface area contributed by atoms with Crippen LogP contribution in [0.5, 0.6) is 0 Å². The molecule has 0 fully saturated rings. The quantitative estimate of drug-likeness (QED) is 0.0597. The molecule has 0 amide bonds. The van der Waals surface area contributed by atoms with E-state index in [0.29, 0.717) is 317 Å². The molecular weight excluding hydrogens is 1040 g/mol. The van der Waals surface area contributed by atoms with Crippen molar-refractivity contribution in [3.63, 3.8) is 0 Å². The molecule has 0 aromatic carbocycles. The molecule has 0 aliphatic heterocycles. The highest BCUT2D eigenvalue weighted by atomic mass is 16.6. The lowest BCUT2D eigenvalue weighted by atomic mass is 10.4. The van der Waals surface area contributed by atoms with Gasteiger partial charge in [-0.3, -0.25) is 0 Å². The normalized spacial score (nSPS) is 12.2. The molecule has 0 bridgehead atoms. The Morgan fingerprint density at radius 2 is 0.308 bits per heavy atom. The molecule has 0 spiro atoms. The van der Waals surface area contributed by atoms with E-state index in [0.717, 1.165) is 0 Å². The number of aliphatic hydroxyl groups is 2. The van der Waals surface area contributed by atoms with Gasteiger partial charge in [-0.05, 0) is 0 Å². The van der Waals surface area contributed by atoms with Crippen LogP contribution in [0.3, 0.4) is 0 Å². The highest BCUT2D eigenvalue weighted by Gasteiger charge is 2.07. The first-order valence-corrected chi connectivity index (χ1v) is 27.7. The van der Waals surface area contributed by atoms with Gasteiger partial charge >= 0.3 is 0 Å². The number of hydrogen-bond acceptors (Lipinski definition) is 27. The maximum absolute atomic E-state index is 8.61. The molecule has 0 saturated carbocycles. The highest BCUT2D eigenvalue weighted by Crippen LogP contribution is 1.95. The first-order chi connectivity index (χ1) is 38.8. The predicted molar refractivity (Wildman–Crippen MR) is 282 cm³/mol. The summed E-state index contributed by atoms with van der Waals surface area (Å²) in [5.41, 5.74) is 5.82. The van der Waals surface area contributed by atoms with Crippen molar-refractivity contribution in [3.05, 3.63) is 0 Å². The van der Waals surface area contributed by atoms with Crippen LogP contribution in [0.2, 0.25) is 0 Å². The molecule has 4 N–H and O–H groups in total. The van der Waals surface area contributed by atoms with Crippen molar-refractivity contribution < 1.29 is 124 Å². The highest BCUT2D eigenvalue weighted by molar-refractivity contribution is 4.57. The van der Waals surface area contributed by atoms with Crippen LogP contribution in [-0.4, -0.2) is 347 Å². The zero-order chi connectivity index (χ0) is 55.9. The average Bonchev–Trinajstić information content (AvgIpc) is 3.45. The summed E-state index contributed by atoms with van der Waals surface area (Å²) in [5, 5.41) is 17.2. The van der Waals surface area contributed by atoms with E-state index in [2.05, 4.69) is 0 Å². The molecule has 0 aromatic rings. The van der Waals surface area contributed by atoms with Crippen LogP contribution < -0.4 is 5.73 Å². The molecule has 0 aromatic heterocycles. The summed E-state index contributed by atoms with van der Waals surface area (Å²) in [6, 6.07) is 0. The zero-order valence-corrected chi connectivity index (χ0v) is 47.2. The molecule has 470 valence electrons. The van der Waals surface area contributed by atoms with Gasteiger partial charge in [0, 0.05) is 6.54 Å². The fourth-order valence-corrected chi connectivity index (χ4v) is 5.52. The molecule has 1 atom stereocenters. The molecule has 27 heteroatoms. The summed E-state index contributed by atoms with van der Waals surface area (Å²) in [6.45, 7) is 22.3. The Labute approximate surface area is 465 Å². The molecule has 0 heterocycles. The summed E-state index contributed by atoms with van der Waals surface area (Å²) in [5.74, 6) is 0. The molecule has 0 rings (SSSR count). The SMILES string of the molecule is NCC(COCCOCCOCCOCCOCCOCCOCCOCCOCCOCCOCCOCCO)OCCOCCOCCOCCOCCOCCOCCOCCOCCOCCOCCOCCO. The zero-order valence-electron chi connectivity index (χ0n) is 47.2. The van der Waals surface area contributed by atoms with Crippen LogP contribution in [-0.2, 0) is 114 Å². The summed E-state index contributed by atoms with van der Waals surface area (Å²) < 4.78 is 131. The van der Waals surface area contributed by atoms with Crippen molar-refractivity contribution in [2.45, 2.75) is 6.10 Å². The van der Waals surface area contributed by atoms with Crippen LogP contribution in [0.1, 0.15) is 0 Å². The van der Waals surface area contributed by atoms with E-state index in [9.17, 15) is 0 Å². The van der Waals surface area contributed by atoms with Gasteiger partial charge in [0.15, 0.2) is 0 Å². The van der Waals surface area contributed by atoms with Gasteiger partial charge in [0.2, 0.25) is 0 Å². The van der Waals surface area contributed by atoms with Crippen molar-refractivity contribution in [2.75, 3.05) is 330 Å². The van der Waals surface area contributed by atoms with E-state index in [1.165, 1.54) is 0 Å². The van der Waals surface area contributed by atoms with Crippen LogP contribution in [0.25, 0.3) is 0 Å². The van der Waals surface area contributed by atoms with E-state index in [4.69, 9.17) is 130 Å². The van der Waals surface area contributed by atoms with Gasteiger partial charge in [0.1, 0.15) is 0 Å². The molecule has 0 radical (unpaired) electrons. The predicted octanol–water partition coefficient (Wildman–Crippen LogP) is -1.30. The van der Waals surface area contributed by atoms with Crippen molar-refractivity contribution in [1.82, 2.24) is 0 Å². The lowest BCUT2D eigenvalue weighted by Crippen LogP contribution is -2.30. The Hall–Kier alpha value is -1.08. The van der Waals surface area contributed by atoms with Gasteiger partial charge < -0.3 is 130 Å². The van der Waals surface area contributed by atoms with Gasteiger partial charge in [-0.1, -0.05) is 0 Å². The van der Waals surface area contributed by atoms with E-state index in [1.54, 1.807) is 0 Å². The lowest BCUT2D eigenvalue weighted by molar-refractivity contribution is -0.0534. The topological polar surface area (TPSA) is 288 Å². The van der Waals surface area contributed by atoms with E-state index >= 15 is 0 Å². The Morgan fingerprint density at radius 3 is 0.449 bits per heavy atom. The van der Waals surface area contributed by atoms with Gasteiger partial charge in [-0.25, -0.2) is 0 Å². The molecule has 1 unspecified atom stereocenters. The van der Waals surface area contributed by atoms with Gasteiger partial charge in [-0.15, -0.1) is 0 Å². The number of aliphatic hydroxyl groups excluding tert-OH is 2. The van der Waals surface area contributed by atoms with Gasteiger partial charge in [-0.2, -0.15) is 0 Å². The molecule has 27 nitrogen and oxygen atoms in total. The van der Waals surface area contributed by atoms with E-state index in [-0.39, 0.29) is 19.3 Å². The average molecular weight is 1150 g/mol. The standard InChI is InChI=1S/C51H105NO26/c52-49-51(78-48-47-76-44-43-74-40-39-72-36-35-70-32-31-68-28-27-66-24-22-64-20-18-62-16-14-60-12-10-58-8-6-56-4-2-54)50-77-46-45-75-42-41-73-38-37-71-34-33-69-30-29-67-26-25-65-23-21-63-19-17-61-15-13-59-11-9-57-7-5-55-3-1-53/h51,53-54H,1-50,52H2. The van der Waals surface area contributed by atoms with Crippen molar-refractivity contribution >= 4 is 0 Å². The smallest absolute Gasteiger partial charge is 0.0931 e. The fraction of sp³-hybridized carbons (Fsp3) is 1.00. The minimum Gasteiger partial charge on any atom is -0.394 e. The number of rotatable bonds is 74. The molecular formula is C51H105NO26. The molecule has 0 saturated heterocycles. The fourth-order valence-electron chi connectivity index (χ4n) is 5.52. The summed E-state index contributed by atoms with van der Waals surface area (Å²) in [6.07, 6.45) is -0.228. The van der Waals surface area contributed by atoms with E-state index in [1.807, 2.05) is 0 Å². The molecule has 0 aliphatic carbocycles. The minimum atomic E-state index is -0.228. The molecule has 78 heavy (non-hydrogen) atoms. The largest absolute Gasteiger partial charge is 0.394 e. The van der Waals surface area contributed by atoms with Crippen molar-refractivity contribution in [2.24, 2.45) is 5.73 Å². The van der Waals surface area contributed by atoms with E-state index < -0.39 is 0 Å². The lowest BCUT2D eigenvalue weighted by Gasteiger charge is -2.16. The summed E-state index contributed by atoms with van der Waals surface area (Å²) in [4.78, 5) is 0. The third kappa shape index (κ3) is 71.0. The molecule has 0 aliphatic rings. The Balaban J connectivity index is 3.20. The maximum Gasteiger partial charge on any atom is 0.0931 e. The van der Waals surface area contributed by atoms with Crippen LogP contribution >= 0.6 is 0 Å². The second kappa shape index (κ2) is 73.9. The minimum absolute atomic E-state index is 0.0162. The third-order valence-corrected chi connectivity index (χ3v) is 9.43. The Bertz CT molecular complexity index is 1040. The maximum atomic E-state index is 8.61. The third-order valence-electron chi connectivity index (χ3n) is 9.43. The number of hydrogen-bond donors (Lipinski definition) is 3. The second-order valence-electron chi connectivity index (χ2n) is 15.7. The summed E-state index contributed by atoms with van der Waals surface area (Å²) in [7, 11) is 0. The summed E-state index contributed by atoms with van der Waals surface area (Å²) >= 11 is 0. The Morgan fingerprint density at radius 1 is 0.179 bits per heavy atom. The van der Waals surface area contributed by atoms with Crippen molar-refractivity contribution in [1.29, 1.82) is 0 Å². The number of ether oxygens (including phenoxy) is 24. The monoisotopic (exact) mass is 1150 g/mol. The first-order valence-electron chi connectivity index (χ1n) is 27.7. The van der Waals surface area contributed by atoms with Gasteiger partial charge in [0.25, 0.3) is 0 Å².